The molecular formula is C27H30N4. The first-order chi connectivity index (χ1) is 15.2. The highest BCUT2D eigenvalue weighted by Crippen LogP contribution is 2.33. The van der Waals surface area contributed by atoms with Crippen LogP contribution in [0.1, 0.15) is 44.6 Å². The maximum absolute atomic E-state index is 4.60. The van der Waals surface area contributed by atoms with Crippen molar-refractivity contribution >= 4 is 16.6 Å². The number of aryl methyl sites for hydroxylation is 1. The van der Waals surface area contributed by atoms with Crippen molar-refractivity contribution in [3.63, 3.8) is 0 Å². The van der Waals surface area contributed by atoms with Crippen LogP contribution < -0.4 is 5.32 Å². The number of nitrogens with one attached hydrogen (secondary N) is 2. The van der Waals surface area contributed by atoms with E-state index >= 15 is 0 Å². The lowest BCUT2D eigenvalue weighted by Crippen LogP contribution is -2.14. The van der Waals surface area contributed by atoms with Gasteiger partial charge in [0, 0.05) is 34.6 Å². The molecule has 0 amide bonds. The maximum atomic E-state index is 4.60. The summed E-state index contributed by atoms with van der Waals surface area (Å²) < 4.78 is 1.94. The smallest absolute Gasteiger partial charge is 0.0645 e. The van der Waals surface area contributed by atoms with Gasteiger partial charge in [-0.3, -0.25) is 0 Å². The van der Waals surface area contributed by atoms with Crippen LogP contribution in [-0.4, -0.2) is 14.8 Å². The van der Waals surface area contributed by atoms with E-state index < -0.39 is 0 Å². The van der Waals surface area contributed by atoms with Crippen LogP contribution in [0.4, 0.5) is 5.69 Å². The Morgan fingerprint density at radius 3 is 2.68 bits per heavy atom. The molecule has 2 aromatic carbocycles. The molecule has 31 heavy (non-hydrogen) atoms. The zero-order chi connectivity index (χ0) is 21.2. The van der Waals surface area contributed by atoms with E-state index in [1.54, 1.807) is 0 Å². The van der Waals surface area contributed by atoms with Crippen LogP contribution in [0.25, 0.3) is 27.7 Å². The Balaban J connectivity index is 1.40. The van der Waals surface area contributed by atoms with Gasteiger partial charge in [0.1, 0.15) is 0 Å². The summed E-state index contributed by atoms with van der Waals surface area (Å²) >= 11 is 0. The highest BCUT2D eigenvalue weighted by atomic mass is 15.3. The van der Waals surface area contributed by atoms with Crippen molar-refractivity contribution in [3.8, 4) is 16.8 Å². The van der Waals surface area contributed by atoms with Crippen LogP contribution in [0, 0.1) is 5.92 Å². The van der Waals surface area contributed by atoms with Gasteiger partial charge in [-0.25, -0.2) is 4.68 Å². The van der Waals surface area contributed by atoms with Gasteiger partial charge in [0.05, 0.1) is 17.6 Å². The van der Waals surface area contributed by atoms with E-state index in [0.717, 1.165) is 40.1 Å². The molecule has 5 rings (SSSR count). The monoisotopic (exact) mass is 410 g/mol. The number of aromatic nitrogens is 3. The highest BCUT2D eigenvalue weighted by molar-refractivity contribution is 5.95. The molecule has 158 valence electrons. The molecule has 0 radical (unpaired) electrons. The molecular weight excluding hydrogens is 380 g/mol. The summed E-state index contributed by atoms with van der Waals surface area (Å²) in [6.45, 7) is 6.52. The van der Waals surface area contributed by atoms with E-state index in [0.29, 0.717) is 5.92 Å². The Morgan fingerprint density at radius 1 is 1.10 bits per heavy atom. The van der Waals surface area contributed by atoms with E-state index in [9.17, 15) is 0 Å². The second kappa shape index (κ2) is 8.46. The van der Waals surface area contributed by atoms with Crippen molar-refractivity contribution in [1.82, 2.24) is 14.8 Å². The van der Waals surface area contributed by atoms with Crippen molar-refractivity contribution in [2.24, 2.45) is 5.92 Å². The minimum atomic E-state index is 0.583. The first-order valence-electron chi connectivity index (χ1n) is 11.4. The predicted octanol–water partition coefficient (Wildman–Crippen LogP) is 7.09. The van der Waals surface area contributed by atoms with Crippen LogP contribution in [0.2, 0.25) is 0 Å². The van der Waals surface area contributed by atoms with Crippen LogP contribution in [0.15, 0.2) is 73.3 Å². The maximum Gasteiger partial charge on any atom is 0.0645 e. The number of nitrogens with zero attached hydrogens (tertiary/aromatic N) is 2. The topological polar surface area (TPSA) is 45.6 Å². The van der Waals surface area contributed by atoms with E-state index in [2.05, 4.69) is 83.8 Å². The average Bonchev–Trinajstić information content (AvgIpc) is 3.47. The molecule has 0 saturated heterocycles. The fourth-order valence-corrected chi connectivity index (χ4v) is 4.63. The minimum absolute atomic E-state index is 0.583. The van der Waals surface area contributed by atoms with E-state index in [4.69, 9.17) is 0 Å². The van der Waals surface area contributed by atoms with Gasteiger partial charge in [0.25, 0.3) is 0 Å². The number of hydrogen-bond acceptors (Lipinski definition) is 2. The molecule has 1 fully saturated rings. The molecule has 0 atom stereocenters. The van der Waals surface area contributed by atoms with E-state index in [1.807, 2.05) is 10.9 Å². The van der Waals surface area contributed by atoms with Crippen molar-refractivity contribution in [2.45, 2.75) is 45.4 Å². The van der Waals surface area contributed by atoms with Crippen LogP contribution in [0.5, 0.6) is 0 Å². The van der Waals surface area contributed by atoms with E-state index in [1.165, 1.54) is 43.1 Å². The SMILES string of the molecule is C=C(Nc1c[nH]c2ccc(-c3cnn(-c4ccc(CC)cc4)c3)cc12)C1CCCCC1. The first-order valence-corrected chi connectivity index (χ1v) is 11.4. The molecule has 0 spiro atoms. The lowest BCUT2D eigenvalue weighted by Gasteiger charge is -2.24. The third-order valence-corrected chi connectivity index (χ3v) is 6.60. The van der Waals surface area contributed by atoms with Gasteiger partial charge < -0.3 is 10.3 Å². The number of H-pyrrole nitrogens is 1. The Hall–Kier alpha value is -3.27. The summed E-state index contributed by atoms with van der Waals surface area (Å²) in [5, 5.41) is 9.40. The molecule has 4 nitrogen and oxygen atoms in total. The molecule has 2 heterocycles. The highest BCUT2D eigenvalue weighted by Gasteiger charge is 2.17. The van der Waals surface area contributed by atoms with Crippen molar-refractivity contribution in [3.05, 3.63) is 78.9 Å². The van der Waals surface area contributed by atoms with E-state index in [-0.39, 0.29) is 0 Å². The van der Waals surface area contributed by atoms with Gasteiger partial charge in [-0.2, -0.15) is 5.10 Å². The third-order valence-electron chi connectivity index (χ3n) is 6.60. The van der Waals surface area contributed by atoms with Crippen LogP contribution in [-0.2, 0) is 6.42 Å². The van der Waals surface area contributed by atoms with Gasteiger partial charge in [-0.1, -0.05) is 51.0 Å². The van der Waals surface area contributed by atoms with Gasteiger partial charge in [-0.05, 0) is 60.6 Å². The normalized spacial score (nSPS) is 14.7. The van der Waals surface area contributed by atoms with Crippen molar-refractivity contribution in [2.75, 3.05) is 5.32 Å². The lowest BCUT2D eigenvalue weighted by atomic mass is 9.87. The molecule has 4 aromatic rings. The summed E-state index contributed by atoms with van der Waals surface area (Å²) in [6.07, 6.45) is 13.6. The molecule has 0 bridgehead atoms. The number of rotatable bonds is 6. The summed E-state index contributed by atoms with van der Waals surface area (Å²) in [5.74, 6) is 0.583. The predicted molar refractivity (Wildman–Crippen MR) is 130 cm³/mol. The second-order valence-electron chi connectivity index (χ2n) is 8.64. The number of hydrogen-bond donors (Lipinski definition) is 2. The number of aromatic amines is 1. The van der Waals surface area contributed by atoms with Crippen molar-refractivity contribution in [1.29, 1.82) is 0 Å². The van der Waals surface area contributed by atoms with Gasteiger partial charge >= 0.3 is 0 Å². The van der Waals surface area contributed by atoms with Gasteiger partial charge in [0.2, 0.25) is 0 Å². The van der Waals surface area contributed by atoms with Gasteiger partial charge in [-0.15, -0.1) is 0 Å². The molecule has 1 saturated carbocycles. The molecule has 1 aliphatic carbocycles. The Labute approximate surface area is 184 Å². The quantitative estimate of drug-likeness (QED) is 0.356. The Bertz CT molecular complexity index is 1190. The van der Waals surface area contributed by atoms with Gasteiger partial charge in [0.15, 0.2) is 0 Å². The molecule has 0 aliphatic heterocycles. The molecule has 0 unspecified atom stereocenters. The number of allylic oxidation sites excluding steroid dienone is 1. The summed E-state index contributed by atoms with van der Waals surface area (Å²) in [6, 6.07) is 15.1. The summed E-state index contributed by atoms with van der Waals surface area (Å²) in [4.78, 5) is 3.39. The average molecular weight is 411 g/mol. The Kier molecular flexibility index (Phi) is 5.37. The summed E-state index contributed by atoms with van der Waals surface area (Å²) in [7, 11) is 0. The number of fused-ring (bicyclic) bond motifs is 1. The zero-order valence-electron chi connectivity index (χ0n) is 18.2. The summed E-state index contributed by atoms with van der Waals surface area (Å²) in [5.41, 5.74) is 8.07. The van der Waals surface area contributed by atoms with Crippen LogP contribution >= 0.6 is 0 Å². The largest absolute Gasteiger partial charge is 0.359 e. The molecule has 2 aromatic heterocycles. The first kappa shape index (κ1) is 19.7. The minimum Gasteiger partial charge on any atom is -0.359 e. The number of anilines is 1. The Morgan fingerprint density at radius 2 is 1.90 bits per heavy atom. The standard InChI is InChI=1S/C27H30N4/c1-3-20-9-12-24(13-10-20)31-18-23(16-29-31)22-11-14-26-25(15-22)27(17-28-26)30-19(2)21-7-5-4-6-8-21/h9-18,21,28,30H,2-8H2,1H3. The fraction of sp³-hybridized carbons (Fsp3) is 0.296. The van der Waals surface area contributed by atoms with Crippen LogP contribution in [0.3, 0.4) is 0 Å². The molecule has 1 aliphatic rings. The molecule has 4 heteroatoms. The zero-order valence-corrected chi connectivity index (χ0v) is 18.2. The molecule has 2 N–H and O–H groups in total. The fourth-order valence-electron chi connectivity index (χ4n) is 4.63. The third kappa shape index (κ3) is 4.02. The lowest BCUT2D eigenvalue weighted by molar-refractivity contribution is 0.405. The van der Waals surface area contributed by atoms with Crippen molar-refractivity contribution < 1.29 is 0 Å². The number of benzene rings is 2. The second-order valence-corrected chi connectivity index (χ2v) is 8.64.